The lowest BCUT2D eigenvalue weighted by atomic mass is 10.1. The number of aryl methyl sites for hydroxylation is 1. The molecule has 2 aromatic heterocycles. The van der Waals surface area contributed by atoms with Crippen LogP contribution in [0, 0.1) is 11.3 Å². The number of aromatic nitrogens is 3. The molecule has 2 atom stereocenters. The van der Waals surface area contributed by atoms with Crippen LogP contribution in [0.1, 0.15) is 41.3 Å². The number of carbonyl (C=O) groups excluding carboxylic acids is 1. The molecule has 1 aliphatic rings. The molecule has 1 aliphatic heterocycles. The number of hydrogen-bond donors (Lipinski definition) is 2. The maximum atomic E-state index is 12.3. The Bertz CT molecular complexity index is 712. The average molecular weight is 299 g/mol. The Labute approximate surface area is 127 Å². The van der Waals surface area contributed by atoms with Gasteiger partial charge in [-0.1, -0.05) is 0 Å². The van der Waals surface area contributed by atoms with Crippen LogP contribution in [0.4, 0.5) is 0 Å². The standard InChI is InChI=1S/C15H17N5O2/c1-2-20-5-4-17-14(20)13-11(3-6-22-13)19-15(21)12-7-10(8-16)9-18-12/h4-5,7,9,11,13,18H,2-3,6H2,1H3,(H,19,21)/t11-,13-/m0/s1. The number of nitrogens with zero attached hydrogens (tertiary/aromatic N) is 3. The van der Waals surface area contributed by atoms with Crippen molar-refractivity contribution in [3.63, 3.8) is 0 Å². The Morgan fingerprint density at radius 2 is 2.55 bits per heavy atom. The first-order valence-corrected chi connectivity index (χ1v) is 7.25. The number of carbonyl (C=O) groups is 1. The van der Waals surface area contributed by atoms with Crippen molar-refractivity contribution in [2.24, 2.45) is 0 Å². The van der Waals surface area contributed by atoms with E-state index in [0.717, 1.165) is 18.8 Å². The molecule has 0 unspecified atom stereocenters. The number of aromatic amines is 1. The number of H-pyrrole nitrogens is 1. The number of imidazole rings is 1. The van der Waals surface area contributed by atoms with Gasteiger partial charge >= 0.3 is 0 Å². The van der Waals surface area contributed by atoms with Gasteiger partial charge in [0.2, 0.25) is 0 Å². The molecule has 114 valence electrons. The van der Waals surface area contributed by atoms with Crippen LogP contribution in [0.3, 0.4) is 0 Å². The molecule has 3 heterocycles. The highest BCUT2D eigenvalue weighted by Gasteiger charge is 2.34. The van der Waals surface area contributed by atoms with Gasteiger partial charge in [-0.05, 0) is 19.4 Å². The minimum atomic E-state index is -0.246. The third kappa shape index (κ3) is 2.61. The normalized spacial score (nSPS) is 20.7. The second kappa shape index (κ2) is 6.03. The Balaban J connectivity index is 1.74. The summed E-state index contributed by atoms with van der Waals surface area (Å²) in [5, 5.41) is 11.8. The van der Waals surface area contributed by atoms with Gasteiger partial charge < -0.3 is 19.6 Å². The molecule has 2 aromatic rings. The van der Waals surface area contributed by atoms with Gasteiger partial charge in [0.25, 0.3) is 5.91 Å². The van der Waals surface area contributed by atoms with Crippen LogP contribution >= 0.6 is 0 Å². The molecule has 0 aliphatic carbocycles. The maximum Gasteiger partial charge on any atom is 0.268 e. The summed E-state index contributed by atoms with van der Waals surface area (Å²) in [6.07, 6.45) is 5.65. The van der Waals surface area contributed by atoms with E-state index in [1.807, 2.05) is 23.8 Å². The predicted octanol–water partition coefficient (Wildman–Crippen LogP) is 1.36. The van der Waals surface area contributed by atoms with Gasteiger partial charge in [0.05, 0.1) is 11.6 Å². The summed E-state index contributed by atoms with van der Waals surface area (Å²) >= 11 is 0. The van der Waals surface area contributed by atoms with Gasteiger partial charge in [0, 0.05) is 31.7 Å². The van der Waals surface area contributed by atoms with E-state index in [9.17, 15) is 4.79 Å². The van der Waals surface area contributed by atoms with E-state index in [4.69, 9.17) is 10.00 Å². The number of nitrogens with one attached hydrogen (secondary N) is 2. The largest absolute Gasteiger partial charge is 0.368 e. The molecule has 7 nitrogen and oxygen atoms in total. The van der Waals surface area contributed by atoms with Gasteiger partial charge in [-0.25, -0.2) is 4.98 Å². The Kier molecular flexibility index (Phi) is 3.94. The first-order valence-electron chi connectivity index (χ1n) is 7.25. The summed E-state index contributed by atoms with van der Waals surface area (Å²) < 4.78 is 7.77. The van der Waals surface area contributed by atoms with Crippen LogP contribution < -0.4 is 5.32 Å². The van der Waals surface area contributed by atoms with Gasteiger partial charge in [0.1, 0.15) is 23.7 Å². The van der Waals surface area contributed by atoms with Crippen molar-refractivity contribution < 1.29 is 9.53 Å². The Morgan fingerprint density at radius 1 is 1.68 bits per heavy atom. The second-order valence-electron chi connectivity index (χ2n) is 5.15. The third-order valence-corrected chi connectivity index (χ3v) is 3.81. The van der Waals surface area contributed by atoms with E-state index in [-0.39, 0.29) is 18.1 Å². The lowest BCUT2D eigenvalue weighted by Gasteiger charge is -2.20. The lowest BCUT2D eigenvalue weighted by molar-refractivity contribution is 0.0773. The fourth-order valence-electron chi connectivity index (χ4n) is 2.67. The number of nitriles is 1. The predicted molar refractivity (Wildman–Crippen MR) is 78.0 cm³/mol. The van der Waals surface area contributed by atoms with Crippen molar-refractivity contribution in [2.45, 2.75) is 32.0 Å². The maximum absolute atomic E-state index is 12.3. The SMILES string of the molecule is CCn1ccnc1[C@H]1OCC[C@@H]1NC(=O)c1cc(C#N)c[nH]1. The van der Waals surface area contributed by atoms with Crippen molar-refractivity contribution in [3.8, 4) is 6.07 Å². The zero-order valence-corrected chi connectivity index (χ0v) is 12.2. The van der Waals surface area contributed by atoms with Crippen LogP contribution in [0.2, 0.25) is 0 Å². The summed E-state index contributed by atoms with van der Waals surface area (Å²) in [4.78, 5) is 19.4. The third-order valence-electron chi connectivity index (χ3n) is 3.81. The van der Waals surface area contributed by atoms with Gasteiger partial charge in [-0.3, -0.25) is 4.79 Å². The van der Waals surface area contributed by atoms with Gasteiger partial charge in [0.15, 0.2) is 0 Å². The van der Waals surface area contributed by atoms with E-state index in [0.29, 0.717) is 17.9 Å². The molecule has 1 saturated heterocycles. The highest BCUT2D eigenvalue weighted by atomic mass is 16.5. The van der Waals surface area contributed by atoms with E-state index in [1.54, 1.807) is 6.20 Å². The van der Waals surface area contributed by atoms with E-state index in [2.05, 4.69) is 15.3 Å². The molecule has 22 heavy (non-hydrogen) atoms. The molecule has 2 N–H and O–H groups in total. The summed E-state index contributed by atoms with van der Waals surface area (Å²) in [5.41, 5.74) is 0.812. The topological polar surface area (TPSA) is 95.7 Å². The summed E-state index contributed by atoms with van der Waals surface area (Å²) in [7, 11) is 0. The highest BCUT2D eigenvalue weighted by Crippen LogP contribution is 2.28. The van der Waals surface area contributed by atoms with Crippen molar-refractivity contribution >= 4 is 5.91 Å². The zero-order valence-electron chi connectivity index (χ0n) is 12.2. The van der Waals surface area contributed by atoms with Crippen LogP contribution in [-0.4, -0.2) is 33.1 Å². The molecule has 7 heteroatoms. The minimum absolute atomic E-state index is 0.131. The summed E-state index contributed by atoms with van der Waals surface area (Å²) in [6, 6.07) is 3.40. The molecule has 0 bridgehead atoms. The van der Waals surface area contributed by atoms with Crippen molar-refractivity contribution in [1.82, 2.24) is 19.9 Å². The average Bonchev–Trinajstić information content (AvgIpc) is 3.26. The fraction of sp³-hybridized carbons (Fsp3) is 0.400. The first-order chi connectivity index (χ1) is 10.7. The molecule has 0 spiro atoms. The molecule has 0 radical (unpaired) electrons. The summed E-state index contributed by atoms with van der Waals surface area (Å²) in [6.45, 7) is 3.43. The molecule has 0 aromatic carbocycles. The first kappa shape index (κ1) is 14.4. The quantitative estimate of drug-likeness (QED) is 0.891. The second-order valence-corrected chi connectivity index (χ2v) is 5.15. The van der Waals surface area contributed by atoms with Crippen LogP contribution in [0.15, 0.2) is 24.7 Å². The number of amides is 1. The molecular formula is C15H17N5O2. The fourth-order valence-corrected chi connectivity index (χ4v) is 2.67. The number of ether oxygens (including phenoxy) is 1. The smallest absolute Gasteiger partial charge is 0.268 e. The van der Waals surface area contributed by atoms with Crippen molar-refractivity contribution in [2.75, 3.05) is 6.61 Å². The molecule has 0 saturated carbocycles. The van der Waals surface area contributed by atoms with E-state index >= 15 is 0 Å². The van der Waals surface area contributed by atoms with Gasteiger partial charge in [-0.15, -0.1) is 0 Å². The van der Waals surface area contributed by atoms with Crippen molar-refractivity contribution in [3.05, 3.63) is 41.7 Å². The Morgan fingerprint density at radius 3 is 3.27 bits per heavy atom. The number of hydrogen-bond acceptors (Lipinski definition) is 4. The Hall–Kier alpha value is -2.59. The molecule has 3 rings (SSSR count). The number of rotatable bonds is 4. The van der Waals surface area contributed by atoms with Crippen molar-refractivity contribution in [1.29, 1.82) is 5.26 Å². The van der Waals surface area contributed by atoms with E-state index < -0.39 is 0 Å². The monoisotopic (exact) mass is 299 g/mol. The van der Waals surface area contributed by atoms with Crippen LogP contribution in [0.25, 0.3) is 0 Å². The van der Waals surface area contributed by atoms with Gasteiger partial charge in [-0.2, -0.15) is 5.26 Å². The highest BCUT2D eigenvalue weighted by molar-refractivity contribution is 5.93. The zero-order chi connectivity index (χ0) is 15.5. The molecular weight excluding hydrogens is 282 g/mol. The minimum Gasteiger partial charge on any atom is -0.368 e. The van der Waals surface area contributed by atoms with Crippen LogP contribution in [-0.2, 0) is 11.3 Å². The summed E-state index contributed by atoms with van der Waals surface area (Å²) in [5.74, 6) is 0.589. The van der Waals surface area contributed by atoms with Crippen LogP contribution in [0.5, 0.6) is 0 Å². The van der Waals surface area contributed by atoms with E-state index in [1.165, 1.54) is 12.3 Å². The molecule has 1 amide bonds. The lowest BCUT2D eigenvalue weighted by Crippen LogP contribution is -2.37. The molecule has 1 fully saturated rings.